The number of halogens is 1. The molecule has 1 aliphatic heterocycles. The molecule has 10 heteroatoms. The number of aliphatic carboxylic acids is 1. The van der Waals surface area contributed by atoms with Crippen LogP contribution >= 0.6 is 11.6 Å². The number of oxazole rings is 1. The molecule has 5 rings (SSSR count). The molecule has 4 aromatic rings. The summed E-state index contributed by atoms with van der Waals surface area (Å²) < 4.78 is 39.4. The number of hydrogen-bond acceptors (Lipinski definition) is 6. The molecule has 0 bridgehead atoms. The minimum atomic E-state index is -4.20. The second kappa shape index (κ2) is 9.33. The van der Waals surface area contributed by atoms with Crippen LogP contribution in [0.15, 0.2) is 82.1 Å². The molecule has 0 radical (unpaired) electrons. The largest absolute Gasteiger partial charge is 0.486 e. The van der Waals surface area contributed by atoms with E-state index in [0.29, 0.717) is 28.6 Å². The van der Waals surface area contributed by atoms with E-state index in [1.54, 1.807) is 31.2 Å². The van der Waals surface area contributed by atoms with E-state index in [1.165, 1.54) is 18.2 Å². The summed E-state index contributed by atoms with van der Waals surface area (Å²) in [5.74, 6) is 0.101. The fraction of sp³-hybridized carbons (Fsp3) is 0.154. The van der Waals surface area contributed by atoms with Gasteiger partial charge in [0.05, 0.1) is 15.6 Å². The molecular weight excluding hydrogens is 504 g/mol. The third kappa shape index (κ3) is 4.31. The van der Waals surface area contributed by atoms with E-state index >= 15 is 0 Å². The fourth-order valence-corrected chi connectivity index (χ4v) is 6.10. The van der Waals surface area contributed by atoms with E-state index in [1.807, 2.05) is 30.3 Å². The number of para-hydroxylation sites is 1. The third-order valence-corrected chi connectivity index (χ3v) is 8.06. The van der Waals surface area contributed by atoms with Gasteiger partial charge in [0.15, 0.2) is 0 Å². The first-order valence-electron chi connectivity index (χ1n) is 11.0. The number of aromatic nitrogens is 1. The molecule has 36 heavy (non-hydrogen) atoms. The Kier molecular flexibility index (Phi) is 6.19. The number of anilines is 1. The lowest BCUT2D eigenvalue weighted by atomic mass is 10.1. The average Bonchev–Trinajstić information content (AvgIpc) is 3.45. The van der Waals surface area contributed by atoms with E-state index in [-0.39, 0.29) is 28.7 Å². The fourth-order valence-electron chi connectivity index (χ4n) is 4.13. The average molecular weight is 525 g/mol. The maximum atomic E-state index is 13.5. The molecule has 0 saturated carbocycles. The number of carboxylic acid groups (broad SMARTS) is 1. The van der Waals surface area contributed by atoms with Gasteiger partial charge in [-0.15, -0.1) is 0 Å². The summed E-state index contributed by atoms with van der Waals surface area (Å²) in [5, 5.41) is 9.74. The van der Waals surface area contributed by atoms with Crippen molar-refractivity contribution in [1.82, 2.24) is 4.98 Å². The van der Waals surface area contributed by atoms with Gasteiger partial charge in [-0.1, -0.05) is 48.0 Å². The minimum absolute atomic E-state index is 0.0641. The van der Waals surface area contributed by atoms with Crippen LogP contribution in [0.25, 0.3) is 11.5 Å². The number of fused-ring (bicyclic) bond motifs is 1. The van der Waals surface area contributed by atoms with E-state index in [0.717, 1.165) is 9.87 Å². The molecule has 0 unspecified atom stereocenters. The molecule has 3 aromatic carbocycles. The summed E-state index contributed by atoms with van der Waals surface area (Å²) in [6.07, 6.45) is 0.0850. The van der Waals surface area contributed by atoms with Crippen molar-refractivity contribution in [3.8, 4) is 17.2 Å². The molecule has 0 aliphatic carbocycles. The zero-order valence-corrected chi connectivity index (χ0v) is 20.7. The van der Waals surface area contributed by atoms with Crippen molar-refractivity contribution in [3.05, 3.63) is 94.8 Å². The molecule has 1 atom stereocenters. The lowest BCUT2D eigenvalue weighted by Gasteiger charge is -2.24. The Hall–Kier alpha value is -3.82. The summed E-state index contributed by atoms with van der Waals surface area (Å²) in [4.78, 5) is 16.2. The van der Waals surface area contributed by atoms with Gasteiger partial charge in [-0.3, -0.25) is 4.31 Å². The number of hydrogen-bond donors (Lipinski definition) is 1. The van der Waals surface area contributed by atoms with Crippen LogP contribution in [0, 0.1) is 6.92 Å². The maximum Gasteiger partial charge on any atom is 0.327 e. The Balaban J connectivity index is 1.38. The van der Waals surface area contributed by atoms with E-state index < -0.39 is 22.0 Å². The molecule has 0 saturated heterocycles. The molecule has 2 heterocycles. The Labute approximate surface area is 212 Å². The number of sulfonamides is 1. The van der Waals surface area contributed by atoms with Crippen molar-refractivity contribution in [2.75, 3.05) is 4.31 Å². The van der Waals surface area contributed by atoms with Crippen molar-refractivity contribution >= 4 is 33.3 Å². The highest BCUT2D eigenvalue weighted by atomic mass is 35.5. The van der Waals surface area contributed by atoms with Gasteiger partial charge in [-0.25, -0.2) is 18.2 Å². The Morgan fingerprint density at radius 1 is 1.14 bits per heavy atom. The molecule has 184 valence electrons. The van der Waals surface area contributed by atoms with Gasteiger partial charge < -0.3 is 14.3 Å². The number of nitrogens with zero attached hydrogens (tertiary/aromatic N) is 2. The monoisotopic (exact) mass is 524 g/mol. The highest BCUT2D eigenvalue weighted by molar-refractivity contribution is 7.93. The van der Waals surface area contributed by atoms with E-state index in [9.17, 15) is 18.3 Å². The highest BCUT2D eigenvalue weighted by Crippen LogP contribution is 2.38. The smallest absolute Gasteiger partial charge is 0.327 e. The zero-order valence-electron chi connectivity index (χ0n) is 19.1. The summed E-state index contributed by atoms with van der Waals surface area (Å²) in [7, 11) is -4.20. The normalized spacial score (nSPS) is 15.1. The number of benzene rings is 3. The number of rotatable bonds is 7. The molecule has 1 aromatic heterocycles. The van der Waals surface area contributed by atoms with Gasteiger partial charge in [0, 0.05) is 12.0 Å². The minimum Gasteiger partial charge on any atom is -0.486 e. The van der Waals surface area contributed by atoms with Crippen molar-refractivity contribution < 1.29 is 27.5 Å². The van der Waals surface area contributed by atoms with Gasteiger partial charge in [-0.05, 0) is 48.9 Å². The third-order valence-electron chi connectivity index (χ3n) is 5.95. The molecule has 1 aliphatic rings. The van der Waals surface area contributed by atoms with Crippen LogP contribution < -0.4 is 9.04 Å². The predicted molar refractivity (Wildman–Crippen MR) is 134 cm³/mol. The van der Waals surface area contributed by atoms with Crippen LogP contribution in [0.3, 0.4) is 0 Å². The van der Waals surface area contributed by atoms with Crippen LogP contribution in [0.1, 0.15) is 17.0 Å². The molecule has 0 spiro atoms. The number of aryl methyl sites for hydroxylation is 1. The highest BCUT2D eigenvalue weighted by Gasteiger charge is 2.42. The second-order valence-corrected chi connectivity index (χ2v) is 10.5. The number of carbonyl (C=O) groups is 1. The van der Waals surface area contributed by atoms with Crippen molar-refractivity contribution in [2.45, 2.75) is 30.9 Å². The van der Waals surface area contributed by atoms with E-state index in [4.69, 9.17) is 20.8 Å². The topological polar surface area (TPSA) is 110 Å². The van der Waals surface area contributed by atoms with Gasteiger partial charge >= 0.3 is 5.97 Å². The van der Waals surface area contributed by atoms with Crippen molar-refractivity contribution in [1.29, 1.82) is 0 Å². The molecule has 0 amide bonds. The van der Waals surface area contributed by atoms with Crippen LogP contribution in [0.4, 0.5) is 5.69 Å². The molecular formula is C26H21ClN2O6S. The molecule has 1 N–H and O–H groups in total. The second-order valence-electron chi connectivity index (χ2n) is 8.26. The maximum absolute atomic E-state index is 13.5. The first-order valence-corrected chi connectivity index (χ1v) is 12.9. The SMILES string of the molecule is Cc1oc(-c2ccccc2)nc1COc1ccc(S(=O)(=O)N2c3ccccc3C[C@@H]2C(=O)O)cc1Cl. The summed E-state index contributed by atoms with van der Waals surface area (Å²) in [5.41, 5.74) is 2.41. The zero-order chi connectivity index (χ0) is 25.4. The van der Waals surface area contributed by atoms with Crippen LogP contribution in [-0.2, 0) is 27.8 Å². The van der Waals surface area contributed by atoms with Crippen molar-refractivity contribution in [3.63, 3.8) is 0 Å². The van der Waals surface area contributed by atoms with Gasteiger partial charge in [0.1, 0.15) is 29.9 Å². The summed E-state index contributed by atoms with van der Waals surface area (Å²) >= 11 is 6.38. The predicted octanol–water partition coefficient (Wildman–Crippen LogP) is 5.09. The lowest BCUT2D eigenvalue weighted by Crippen LogP contribution is -2.42. The van der Waals surface area contributed by atoms with E-state index in [2.05, 4.69) is 4.98 Å². The Morgan fingerprint density at radius 2 is 1.86 bits per heavy atom. The lowest BCUT2D eigenvalue weighted by molar-refractivity contribution is -0.138. The van der Waals surface area contributed by atoms with Crippen LogP contribution in [0.2, 0.25) is 5.02 Å². The number of ether oxygens (including phenoxy) is 1. The quantitative estimate of drug-likeness (QED) is 0.358. The Bertz CT molecular complexity index is 1550. The summed E-state index contributed by atoms with van der Waals surface area (Å²) in [6, 6.07) is 19.0. The Morgan fingerprint density at radius 3 is 2.58 bits per heavy atom. The van der Waals surface area contributed by atoms with Gasteiger partial charge in [0.2, 0.25) is 5.89 Å². The molecule has 8 nitrogen and oxygen atoms in total. The van der Waals surface area contributed by atoms with Crippen molar-refractivity contribution in [2.24, 2.45) is 0 Å². The number of carboxylic acids is 1. The first kappa shape index (κ1) is 23.9. The van der Waals surface area contributed by atoms with Gasteiger partial charge in [-0.2, -0.15) is 0 Å². The van der Waals surface area contributed by atoms with Crippen LogP contribution in [0.5, 0.6) is 5.75 Å². The summed E-state index contributed by atoms with van der Waals surface area (Å²) in [6.45, 7) is 1.84. The van der Waals surface area contributed by atoms with Gasteiger partial charge in [0.25, 0.3) is 10.0 Å². The van der Waals surface area contributed by atoms with Crippen LogP contribution in [-0.4, -0.2) is 30.5 Å². The molecule has 0 fully saturated rings. The first-order chi connectivity index (χ1) is 17.3. The standard InChI is InChI=1S/C26H21ClN2O6S/c1-16-21(28-25(35-16)17-7-3-2-4-8-17)15-34-24-12-11-19(14-20(24)27)36(32,33)29-22-10-6-5-9-18(22)13-23(29)26(30)31/h2-12,14,23H,13,15H2,1H3,(H,30,31)/t23-/m1/s1.